The van der Waals surface area contributed by atoms with Crippen molar-refractivity contribution in [3.63, 3.8) is 0 Å². The summed E-state index contributed by atoms with van der Waals surface area (Å²) in [6.45, 7) is 0.781. The molecule has 1 aliphatic rings. The molecule has 0 spiro atoms. The van der Waals surface area contributed by atoms with Crippen LogP contribution in [0.2, 0.25) is 0 Å². The Balaban J connectivity index is 1.78. The van der Waals surface area contributed by atoms with Gasteiger partial charge in [-0.15, -0.1) is 0 Å². The lowest BCUT2D eigenvalue weighted by Gasteiger charge is -2.13. The van der Waals surface area contributed by atoms with Crippen LogP contribution in [-0.4, -0.2) is 18.1 Å². The van der Waals surface area contributed by atoms with E-state index in [0.29, 0.717) is 11.8 Å². The maximum atomic E-state index is 5.98. The SMILES string of the molecule is COc1ccccc1Oc1ccncc1CNC1CC1. The molecule has 0 aliphatic heterocycles. The van der Waals surface area contributed by atoms with Crippen LogP contribution in [0.25, 0.3) is 0 Å². The molecule has 0 radical (unpaired) electrons. The molecule has 0 unspecified atom stereocenters. The average molecular weight is 270 g/mol. The van der Waals surface area contributed by atoms with Gasteiger partial charge in [0.1, 0.15) is 5.75 Å². The second kappa shape index (κ2) is 5.92. The van der Waals surface area contributed by atoms with Crippen LogP contribution in [0.3, 0.4) is 0 Å². The summed E-state index contributed by atoms with van der Waals surface area (Å²) in [5.74, 6) is 2.26. The Morgan fingerprint density at radius 2 is 1.95 bits per heavy atom. The predicted molar refractivity (Wildman–Crippen MR) is 77.2 cm³/mol. The van der Waals surface area contributed by atoms with Gasteiger partial charge in [0.2, 0.25) is 0 Å². The number of aromatic nitrogens is 1. The quantitative estimate of drug-likeness (QED) is 0.875. The molecular formula is C16H18N2O2. The third kappa shape index (κ3) is 3.08. The first-order valence-corrected chi connectivity index (χ1v) is 6.84. The van der Waals surface area contributed by atoms with Crippen LogP contribution < -0.4 is 14.8 Å². The van der Waals surface area contributed by atoms with E-state index in [1.807, 2.05) is 36.5 Å². The van der Waals surface area contributed by atoms with E-state index >= 15 is 0 Å². The number of nitrogens with one attached hydrogen (secondary N) is 1. The minimum atomic E-state index is 0.661. The van der Waals surface area contributed by atoms with E-state index < -0.39 is 0 Å². The molecule has 1 aliphatic carbocycles. The molecule has 20 heavy (non-hydrogen) atoms. The van der Waals surface area contributed by atoms with Gasteiger partial charge in [-0.2, -0.15) is 0 Å². The van der Waals surface area contributed by atoms with Crippen LogP contribution in [0.1, 0.15) is 18.4 Å². The zero-order valence-electron chi connectivity index (χ0n) is 11.5. The molecule has 1 N–H and O–H groups in total. The van der Waals surface area contributed by atoms with E-state index in [1.54, 1.807) is 13.3 Å². The van der Waals surface area contributed by atoms with E-state index in [4.69, 9.17) is 9.47 Å². The van der Waals surface area contributed by atoms with Crippen LogP contribution in [0, 0.1) is 0 Å². The Bertz CT molecular complexity index is 582. The highest BCUT2D eigenvalue weighted by atomic mass is 16.5. The fourth-order valence-corrected chi connectivity index (χ4v) is 2.01. The van der Waals surface area contributed by atoms with Crippen molar-refractivity contribution < 1.29 is 9.47 Å². The number of ether oxygens (including phenoxy) is 2. The van der Waals surface area contributed by atoms with Crippen molar-refractivity contribution in [1.29, 1.82) is 0 Å². The van der Waals surface area contributed by atoms with Crippen molar-refractivity contribution in [3.05, 3.63) is 48.3 Å². The molecule has 1 aromatic heterocycles. The minimum Gasteiger partial charge on any atom is -0.493 e. The van der Waals surface area contributed by atoms with E-state index in [9.17, 15) is 0 Å². The maximum Gasteiger partial charge on any atom is 0.169 e. The number of nitrogens with zero attached hydrogens (tertiary/aromatic N) is 1. The molecule has 1 saturated carbocycles. The number of benzene rings is 1. The van der Waals surface area contributed by atoms with Gasteiger partial charge in [-0.05, 0) is 31.0 Å². The number of rotatable bonds is 6. The average Bonchev–Trinajstić information content (AvgIpc) is 3.31. The van der Waals surface area contributed by atoms with Gasteiger partial charge in [0.05, 0.1) is 7.11 Å². The summed E-state index contributed by atoms with van der Waals surface area (Å²) in [4.78, 5) is 4.18. The summed E-state index contributed by atoms with van der Waals surface area (Å²) in [6, 6.07) is 10.2. The molecule has 0 atom stereocenters. The minimum absolute atomic E-state index is 0.661. The van der Waals surface area contributed by atoms with Gasteiger partial charge in [-0.3, -0.25) is 4.98 Å². The van der Waals surface area contributed by atoms with Crippen molar-refractivity contribution in [2.45, 2.75) is 25.4 Å². The first-order valence-electron chi connectivity index (χ1n) is 6.84. The number of para-hydroxylation sites is 2. The van der Waals surface area contributed by atoms with Gasteiger partial charge in [0.25, 0.3) is 0 Å². The van der Waals surface area contributed by atoms with E-state index in [1.165, 1.54) is 12.8 Å². The van der Waals surface area contributed by atoms with E-state index in [0.717, 1.165) is 23.6 Å². The van der Waals surface area contributed by atoms with Crippen LogP contribution in [-0.2, 0) is 6.54 Å². The second-order valence-electron chi connectivity index (χ2n) is 4.89. The summed E-state index contributed by atoms with van der Waals surface area (Å²) >= 11 is 0. The van der Waals surface area contributed by atoms with Crippen molar-refractivity contribution in [2.75, 3.05) is 7.11 Å². The number of hydrogen-bond acceptors (Lipinski definition) is 4. The molecule has 1 heterocycles. The van der Waals surface area contributed by atoms with Crippen LogP contribution in [0.15, 0.2) is 42.7 Å². The molecule has 104 valence electrons. The second-order valence-corrected chi connectivity index (χ2v) is 4.89. The summed E-state index contributed by atoms with van der Waals surface area (Å²) in [5, 5.41) is 3.48. The predicted octanol–water partition coefficient (Wildman–Crippen LogP) is 3.13. The van der Waals surface area contributed by atoms with Gasteiger partial charge in [-0.25, -0.2) is 0 Å². The first-order chi connectivity index (χ1) is 9.86. The van der Waals surface area contributed by atoms with Crippen molar-refractivity contribution in [1.82, 2.24) is 10.3 Å². The molecule has 2 aromatic rings. The lowest BCUT2D eigenvalue weighted by atomic mass is 10.2. The Kier molecular flexibility index (Phi) is 3.83. The third-order valence-electron chi connectivity index (χ3n) is 3.31. The number of hydrogen-bond donors (Lipinski definition) is 1. The molecule has 0 bridgehead atoms. The van der Waals surface area contributed by atoms with Crippen LogP contribution in [0.4, 0.5) is 0 Å². The highest BCUT2D eigenvalue weighted by Crippen LogP contribution is 2.32. The fourth-order valence-electron chi connectivity index (χ4n) is 2.01. The highest BCUT2D eigenvalue weighted by Gasteiger charge is 2.20. The standard InChI is InChI=1S/C16H18N2O2/c1-19-15-4-2-3-5-16(15)20-14-8-9-17-10-12(14)11-18-13-6-7-13/h2-5,8-10,13,18H,6-7,11H2,1H3. The summed E-state index contributed by atoms with van der Waals surface area (Å²) in [5.41, 5.74) is 1.06. The van der Waals surface area contributed by atoms with Gasteiger partial charge in [-0.1, -0.05) is 12.1 Å². The summed E-state index contributed by atoms with van der Waals surface area (Å²) in [6.07, 6.45) is 6.12. The Morgan fingerprint density at radius 3 is 2.70 bits per heavy atom. The Labute approximate surface area is 118 Å². The number of pyridine rings is 1. The van der Waals surface area contributed by atoms with Crippen molar-refractivity contribution in [3.8, 4) is 17.2 Å². The van der Waals surface area contributed by atoms with Gasteiger partial charge in [0, 0.05) is 30.5 Å². The summed E-state index contributed by atoms with van der Waals surface area (Å²) < 4.78 is 11.3. The Morgan fingerprint density at radius 1 is 1.15 bits per heavy atom. The van der Waals surface area contributed by atoms with Gasteiger partial charge in [0.15, 0.2) is 11.5 Å². The molecule has 1 fully saturated rings. The Hall–Kier alpha value is -2.07. The third-order valence-corrected chi connectivity index (χ3v) is 3.31. The first kappa shape index (κ1) is 12.9. The monoisotopic (exact) mass is 270 g/mol. The topological polar surface area (TPSA) is 43.4 Å². The van der Waals surface area contributed by atoms with E-state index in [-0.39, 0.29) is 0 Å². The van der Waals surface area contributed by atoms with Crippen molar-refractivity contribution in [2.24, 2.45) is 0 Å². The van der Waals surface area contributed by atoms with Gasteiger partial charge < -0.3 is 14.8 Å². The van der Waals surface area contributed by atoms with Crippen LogP contribution >= 0.6 is 0 Å². The summed E-state index contributed by atoms with van der Waals surface area (Å²) in [7, 11) is 1.64. The molecule has 4 nitrogen and oxygen atoms in total. The van der Waals surface area contributed by atoms with Gasteiger partial charge >= 0.3 is 0 Å². The molecule has 0 saturated heterocycles. The largest absolute Gasteiger partial charge is 0.493 e. The normalized spacial score (nSPS) is 14.1. The lowest BCUT2D eigenvalue weighted by Crippen LogP contribution is -2.15. The van der Waals surface area contributed by atoms with Crippen molar-refractivity contribution >= 4 is 0 Å². The molecule has 4 heteroatoms. The smallest absolute Gasteiger partial charge is 0.169 e. The molecule has 1 aromatic carbocycles. The maximum absolute atomic E-state index is 5.98. The lowest BCUT2D eigenvalue weighted by molar-refractivity contribution is 0.377. The zero-order chi connectivity index (χ0) is 13.8. The zero-order valence-corrected chi connectivity index (χ0v) is 11.5. The molecule has 3 rings (SSSR count). The molecular weight excluding hydrogens is 252 g/mol. The van der Waals surface area contributed by atoms with E-state index in [2.05, 4.69) is 10.3 Å². The number of methoxy groups -OCH3 is 1. The fraction of sp³-hybridized carbons (Fsp3) is 0.312. The highest BCUT2D eigenvalue weighted by molar-refractivity contribution is 5.44. The molecule has 0 amide bonds. The van der Waals surface area contributed by atoms with Crippen LogP contribution in [0.5, 0.6) is 17.2 Å².